The van der Waals surface area contributed by atoms with Gasteiger partial charge in [-0.3, -0.25) is 14.3 Å². The van der Waals surface area contributed by atoms with E-state index in [0.29, 0.717) is 49.5 Å². The Morgan fingerprint density at radius 2 is 1.91 bits per heavy atom. The van der Waals surface area contributed by atoms with E-state index in [1.54, 1.807) is 21.5 Å². The van der Waals surface area contributed by atoms with Crippen molar-refractivity contribution in [3.63, 3.8) is 0 Å². The number of hydrogen-bond acceptors (Lipinski definition) is 6. The molecule has 1 unspecified atom stereocenters. The molecule has 9 nitrogen and oxygen atoms in total. The molecule has 3 aliphatic rings. The Balaban J connectivity index is 1.32. The minimum absolute atomic E-state index is 0.0958. The maximum Gasteiger partial charge on any atom is 0.275 e. The Bertz CT molecular complexity index is 1160. The molecule has 1 atom stereocenters. The molecule has 1 saturated heterocycles. The van der Waals surface area contributed by atoms with E-state index in [0.717, 1.165) is 5.56 Å². The fraction of sp³-hybridized carbons (Fsp3) is 0.500. The minimum Gasteiger partial charge on any atom is -0.489 e. The number of nitrogens with zero attached hydrogens (tertiary/aromatic N) is 4. The van der Waals surface area contributed by atoms with Crippen LogP contribution in [0.4, 0.5) is 5.69 Å². The van der Waals surface area contributed by atoms with E-state index in [2.05, 4.69) is 5.10 Å². The molecule has 10 heteroatoms. The monoisotopic (exact) mass is 458 g/mol. The van der Waals surface area contributed by atoms with Crippen LogP contribution in [0.25, 0.3) is 0 Å². The minimum atomic E-state index is -2.91. The summed E-state index contributed by atoms with van der Waals surface area (Å²) < 4.78 is 31.0. The Morgan fingerprint density at radius 1 is 1.16 bits per heavy atom. The Hall–Kier alpha value is -2.88. The summed E-state index contributed by atoms with van der Waals surface area (Å²) in [4.78, 5) is 29.6. The highest BCUT2D eigenvalue weighted by Gasteiger charge is 2.40. The third kappa shape index (κ3) is 3.76. The fourth-order valence-corrected chi connectivity index (χ4v) is 6.33. The van der Waals surface area contributed by atoms with Crippen molar-refractivity contribution < 1.29 is 22.7 Å². The van der Waals surface area contributed by atoms with Gasteiger partial charge in [-0.1, -0.05) is 12.1 Å². The molecule has 1 aromatic carbocycles. The Morgan fingerprint density at radius 3 is 2.69 bits per heavy atom. The van der Waals surface area contributed by atoms with E-state index in [4.69, 9.17) is 4.74 Å². The molecule has 32 heavy (non-hydrogen) atoms. The van der Waals surface area contributed by atoms with Crippen LogP contribution in [0.1, 0.15) is 28.9 Å². The maximum absolute atomic E-state index is 13.3. The lowest BCUT2D eigenvalue weighted by Gasteiger charge is -2.33. The molecule has 170 valence electrons. The van der Waals surface area contributed by atoms with E-state index < -0.39 is 15.9 Å². The molecule has 5 rings (SSSR count). The molecule has 0 bridgehead atoms. The van der Waals surface area contributed by atoms with Crippen LogP contribution in [0.15, 0.2) is 30.5 Å². The topological polar surface area (TPSA) is 102 Å². The number of carbonyl (C=O) groups is 2. The van der Waals surface area contributed by atoms with Gasteiger partial charge in [-0.05, 0) is 37.3 Å². The zero-order valence-electron chi connectivity index (χ0n) is 17.9. The maximum atomic E-state index is 13.3. The number of ether oxygens (including phenoxy) is 1. The highest BCUT2D eigenvalue weighted by Crippen LogP contribution is 2.32. The molecule has 0 saturated carbocycles. The van der Waals surface area contributed by atoms with Gasteiger partial charge in [0.25, 0.3) is 11.8 Å². The van der Waals surface area contributed by atoms with Crippen LogP contribution in [0.3, 0.4) is 0 Å². The van der Waals surface area contributed by atoms with Crippen LogP contribution in [0.5, 0.6) is 5.75 Å². The van der Waals surface area contributed by atoms with E-state index in [-0.39, 0.29) is 35.8 Å². The molecule has 1 aromatic heterocycles. The van der Waals surface area contributed by atoms with Crippen molar-refractivity contribution in [2.24, 2.45) is 5.92 Å². The number of aromatic nitrogens is 2. The molecule has 0 radical (unpaired) electrons. The molecule has 4 heterocycles. The van der Waals surface area contributed by atoms with Crippen LogP contribution in [-0.4, -0.2) is 72.7 Å². The summed E-state index contributed by atoms with van der Waals surface area (Å²) in [5.74, 6) is 0.827. The predicted molar refractivity (Wildman–Crippen MR) is 117 cm³/mol. The van der Waals surface area contributed by atoms with E-state index in [1.807, 2.05) is 30.5 Å². The third-order valence-corrected chi connectivity index (χ3v) is 8.37. The van der Waals surface area contributed by atoms with Crippen LogP contribution in [-0.2, 0) is 27.6 Å². The van der Waals surface area contributed by atoms with Gasteiger partial charge in [0.05, 0.1) is 17.2 Å². The molecular weight excluding hydrogens is 432 g/mol. The van der Waals surface area contributed by atoms with E-state index in [9.17, 15) is 18.0 Å². The zero-order chi connectivity index (χ0) is 22.5. The Kier molecular flexibility index (Phi) is 5.19. The first kappa shape index (κ1) is 21.0. The number of likely N-dealkylation sites (N-methyl/N-ethyl adjacent to an activating group) is 1. The molecule has 2 amide bonds. The van der Waals surface area contributed by atoms with Gasteiger partial charge in [0.2, 0.25) is 0 Å². The highest BCUT2D eigenvalue weighted by molar-refractivity contribution is 7.91. The normalized spacial score (nSPS) is 23.3. The molecule has 1 fully saturated rings. The lowest BCUT2D eigenvalue weighted by molar-refractivity contribution is -0.123. The van der Waals surface area contributed by atoms with Crippen LogP contribution < -0.4 is 9.64 Å². The van der Waals surface area contributed by atoms with Gasteiger partial charge in [-0.2, -0.15) is 5.10 Å². The largest absolute Gasteiger partial charge is 0.489 e. The van der Waals surface area contributed by atoms with Crippen molar-refractivity contribution >= 4 is 27.3 Å². The number of benzene rings is 1. The van der Waals surface area contributed by atoms with Crippen molar-refractivity contribution in [2.75, 3.05) is 36.6 Å². The number of sulfone groups is 1. The summed E-state index contributed by atoms with van der Waals surface area (Å²) in [6.07, 6.45) is 3.74. The smallest absolute Gasteiger partial charge is 0.275 e. The van der Waals surface area contributed by atoms with E-state index in [1.165, 1.54) is 0 Å². The number of carbonyl (C=O) groups excluding carboxylic acids is 2. The molecule has 2 aromatic rings. The zero-order valence-corrected chi connectivity index (χ0v) is 18.8. The second-order valence-electron chi connectivity index (χ2n) is 8.76. The molecule has 0 aliphatic carbocycles. The van der Waals surface area contributed by atoms with Gasteiger partial charge in [0, 0.05) is 31.9 Å². The lowest BCUT2D eigenvalue weighted by atomic mass is 10.0. The SMILES string of the molecule is CN1C(=O)C(N2CCc3cn(CC4CCS(=O)(=O)CC4)nc3C2=O)COc2ccccc21. The first-order valence-corrected chi connectivity index (χ1v) is 12.7. The predicted octanol–water partition coefficient (Wildman–Crippen LogP) is 1.13. The number of fused-ring (bicyclic) bond motifs is 2. The van der Waals surface area contributed by atoms with Crippen LogP contribution >= 0.6 is 0 Å². The summed E-state index contributed by atoms with van der Waals surface area (Å²) in [5.41, 5.74) is 1.93. The average Bonchev–Trinajstić information content (AvgIpc) is 3.14. The molecule has 0 N–H and O–H groups in total. The number of rotatable bonds is 3. The number of hydrogen-bond donors (Lipinski definition) is 0. The van der Waals surface area contributed by atoms with Crippen molar-refractivity contribution in [2.45, 2.75) is 31.8 Å². The van der Waals surface area contributed by atoms with Crippen molar-refractivity contribution in [3.05, 3.63) is 41.7 Å². The first-order chi connectivity index (χ1) is 15.3. The number of amides is 2. The van der Waals surface area contributed by atoms with Crippen molar-refractivity contribution in [1.29, 1.82) is 0 Å². The van der Waals surface area contributed by atoms with E-state index >= 15 is 0 Å². The summed E-state index contributed by atoms with van der Waals surface area (Å²) in [5, 5.41) is 4.52. The van der Waals surface area contributed by atoms with Crippen molar-refractivity contribution in [3.8, 4) is 5.75 Å². The Labute approximate surface area is 186 Å². The van der Waals surface area contributed by atoms with Gasteiger partial charge in [-0.15, -0.1) is 0 Å². The van der Waals surface area contributed by atoms with Gasteiger partial charge in [0.1, 0.15) is 28.2 Å². The molecular formula is C22H26N4O5S. The summed E-state index contributed by atoms with van der Waals surface area (Å²) in [6, 6.07) is 6.62. The highest BCUT2D eigenvalue weighted by atomic mass is 32.2. The second kappa shape index (κ2) is 7.91. The summed E-state index contributed by atoms with van der Waals surface area (Å²) >= 11 is 0. The van der Waals surface area contributed by atoms with Crippen molar-refractivity contribution in [1.82, 2.24) is 14.7 Å². The first-order valence-electron chi connectivity index (χ1n) is 10.9. The molecule has 0 spiro atoms. The number of anilines is 1. The summed E-state index contributed by atoms with van der Waals surface area (Å²) in [6.45, 7) is 1.11. The number of para-hydroxylation sites is 2. The fourth-order valence-electron chi connectivity index (χ4n) is 4.74. The van der Waals surface area contributed by atoms with Gasteiger partial charge < -0.3 is 14.5 Å². The molecule has 3 aliphatic heterocycles. The van der Waals surface area contributed by atoms with Gasteiger partial charge in [-0.25, -0.2) is 8.42 Å². The van der Waals surface area contributed by atoms with Crippen LogP contribution in [0, 0.1) is 5.92 Å². The quantitative estimate of drug-likeness (QED) is 0.683. The third-order valence-electron chi connectivity index (χ3n) is 6.66. The standard InChI is InChI=1S/C22H26N4O5S/c1-24-17-4-2-3-5-19(17)31-14-18(21(24)27)26-9-6-16-13-25(23-20(16)22(26)28)12-15-7-10-32(29,30)11-8-15/h2-5,13,15,18H,6-12,14H2,1H3. The van der Waals surface area contributed by atoms with Gasteiger partial charge >= 0.3 is 0 Å². The average molecular weight is 459 g/mol. The second-order valence-corrected chi connectivity index (χ2v) is 11.1. The summed E-state index contributed by atoms with van der Waals surface area (Å²) in [7, 11) is -1.21. The lowest BCUT2D eigenvalue weighted by Crippen LogP contribution is -2.54. The van der Waals surface area contributed by atoms with Gasteiger partial charge in [0.15, 0.2) is 5.69 Å². The van der Waals surface area contributed by atoms with Crippen LogP contribution in [0.2, 0.25) is 0 Å².